The molecule has 1 saturated heterocycles. The van der Waals surface area contributed by atoms with Crippen LogP contribution in [-0.2, 0) is 4.79 Å². The number of hydrogen-bond donors (Lipinski definition) is 1. The summed E-state index contributed by atoms with van der Waals surface area (Å²) >= 11 is 0. The Balaban J connectivity index is 2.02. The minimum atomic E-state index is -0.635. The molecule has 0 radical (unpaired) electrons. The summed E-state index contributed by atoms with van der Waals surface area (Å²) in [6, 6.07) is 4.33. The molecule has 0 aromatic carbocycles. The Labute approximate surface area is 114 Å². The van der Waals surface area contributed by atoms with E-state index in [1.165, 1.54) is 5.56 Å². The van der Waals surface area contributed by atoms with E-state index < -0.39 is 11.4 Å². The van der Waals surface area contributed by atoms with Gasteiger partial charge in [-0.25, -0.2) is 0 Å². The summed E-state index contributed by atoms with van der Waals surface area (Å²) in [4.78, 5) is 17.9. The molecule has 0 aliphatic carbocycles. The van der Waals surface area contributed by atoms with Gasteiger partial charge in [0.2, 0.25) is 0 Å². The van der Waals surface area contributed by atoms with Crippen molar-refractivity contribution in [1.82, 2.24) is 9.88 Å². The first-order valence-electron chi connectivity index (χ1n) is 6.96. The average molecular weight is 262 g/mol. The lowest BCUT2D eigenvalue weighted by molar-refractivity contribution is -0.152. The second-order valence-corrected chi connectivity index (χ2v) is 5.44. The Morgan fingerprint density at radius 3 is 2.68 bits per heavy atom. The SMILES string of the molecule is CCC1(C(=O)O)CCN(C(C)c2cccnc2)CC1. The Kier molecular flexibility index (Phi) is 4.20. The fraction of sp³-hybridized carbons (Fsp3) is 0.600. The van der Waals surface area contributed by atoms with E-state index in [9.17, 15) is 9.90 Å². The van der Waals surface area contributed by atoms with Crippen LogP contribution in [0.15, 0.2) is 24.5 Å². The lowest BCUT2D eigenvalue weighted by Gasteiger charge is -2.41. The van der Waals surface area contributed by atoms with E-state index in [2.05, 4.69) is 22.9 Å². The Bertz CT molecular complexity index is 425. The minimum absolute atomic E-state index is 0.303. The van der Waals surface area contributed by atoms with Crippen LogP contribution in [-0.4, -0.2) is 34.0 Å². The highest BCUT2D eigenvalue weighted by atomic mass is 16.4. The maximum absolute atomic E-state index is 11.4. The van der Waals surface area contributed by atoms with E-state index in [1.54, 1.807) is 6.20 Å². The summed E-state index contributed by atoms with van der Waals surface area (Å²) in [5, 5.41) is 9.40. The second kappa shape index (κ2) is 5.70. The van der Waals surface area contributed by atoms with Crippen molar-refractivity contribution in [2.24, 2.45) is 5.41 Å². The van der Waals surface area contributed by atoms with Crippen molar-refractivity contribution in [1.29, 1.82) is 0 Å². The van der Waals surface area contributed by atoms with Crippen molar-refractivity contribution in [2.75, 3.05) is 13.1 Å². The van der Waals surface area contributed by atoms with Crippen molar-refractivity contribution in [3.63, 3.8) is 0 Å². The molecule has 19 heavy (non-hydrogen) atoms. The third-order valence-electron chi connectivity index (χ3n) is 4.60. The number of piperidine rings is 1. The molecule has 4 nitrogen and oxygen atoms in total. The van der Waals surface area contributed by atoms with Crippen LogP contribution < -0.4 is 0 Å². The van der Waals surface area contributed by atoms with Crippen LogP contribution in [0.5, 0.6) is 0 Å². The van der Waals surface area contributed by atoms with Crippen LogP contribution >= 0.6 is 0 Å². The van der Waals surface area contributed by atoms with Gasteiger partial charge >= 0.3 is 5.97 Å². The van der Waals surface area contributed by atoms with Gasteiger partial charge in [0.15, 0.2) is 0 Å². The fourth-order valence-corrected chi connectivity index (χ4v) is 2.89. The normalized spacial score (nSPS) is 20.9. The lowest BCUT2D eigenvalue weighted by Crippen LogP contribution is -2.44. The predicted molar refractivity (Wildman–Crippen MR) is 73.8 cm³/mol. The molecule has 0 saturated carbocycles. The second-order valence-electron chi connectivity index (χ2n) is 5.44. The molecular weight excluding hydrogens is 240 g/mol. The number of likely N-dealkylation sites (tertiary alicyclic amines) is 1. The minimum Gasteiger partial charge on any atom is -0.481 e. The quantitative estimate of drug-likeness (QED) is 0.906. The highest BCUT2D eigenvalue weighted by molar-refractivity contribution is 5.74. The average Bonchev–Trinajstić information content (AvgIpc) is 2.47. The van der Waals surface area contributed by atoms with Crippen LogP contribution in [0, 0.1) is 5.41 Å². The van der Waals surface area contributed by atoms with E-state index in [1.807, 2.05) is 19.2 Å². The third kappa shape index (κ3) is 2.78. The van der Waals surface area contributed by atoms with E-state index in [0.717, 1.165) is 32.4 Å². The Morgan fingerprint density at radius 1 is 1.53 bits per heavy atom. The topological polar surface area (TPSA) is 53.4 Å². The van der Waals surface area contributed by atoms with Crippen LogP contribution in [0.3, 0.4) is 0 Å². The fourth-order valence-electron chi connectivity index (χ4n) is 2.89. The molecule has 1 fully saturated rings. The number of hydrogen-bond acceptors (Lipinski definition) is 3. The molecule has 4 heteroatoms. The van der Waals surface area contributed by atoms with Crippen molar-refractivity contribution >= 4 is 5.97 Å². The molecule has 1 N–H and O–H groups in total. The molecule has 2 heterocycles. The van der Waals surface area contributed by atoms with Gasteiger partial charge in [-0.05, 0) is 50.9 Å². The van der Waals surface area contributed by atoms with Crippen LogP contribution in [0.1, 0.15) is 44.7 Å². The Hall–Kier alpha value is -1.42. The maximum Gasteiger partial charge on any atom is 0.309 e. The molecule has 2 rings (SSSR count). The van der Waals surface area contributed by atoms with Gasteiger partial charge in [-0.3, -0.25) is 14.7 Å². The summed E-state index contributed by atoms with van der Waals surface area (Å²) in [6.45, 7) is 5.83. The molecule has 0 amide bonds. The molecule has 1 unspecified atom stereocenters. The number of carboxylic acid groups (broad SMARTS) is 1. The van der Waals surface area contributed by atoms with Gasteiger partial charge in [0.05, 0.1) is 5.41 Å². The number of carbonyl (C=O) groups is 1. The number of nitrogens with zero attached hydrogens (tertiary/aromatic N) is 2. The molecule has 1 aliphatic heterocycles. The van der Waals surface area contributed by atoms with Crippen molar-refractivity contribution in [2.45, 2.75) is 39.2 Å². The number of pyridine rings is 1. The smallest absolute Gasteiger partial charge is 0.309 e. The summed E-state index contributed by atoms with van der Waals surface area (Å²) in [7, 11) is 0. The third-order valence-corrected chi connectivity index (χ3v) is 4.60. The van der Waals surface area contributed by atoms with Crippen LogP contribution in [0.2, 0.25) is 0 Å². The van der Waals surface area contributed by atoms with Gasteiger partial charge in [-0.1, -0.05) is 13.0 Å². The monoisotopic (exact) mass is 262 g/mol. The van der Waals surface area contributed by atoms with Gasteiger partial charge in [0.1, 0.15) is 0 Å². The molecular formula is C15H22N2O2. The first-order valence-corrected chi connectivity index (χ1v) is 6.96. The number of aromatic nitrogens is 1. The maximum atomic E-state index is 11.4. The van der Waals surface area contributed by atoms with Crippen molar-refractivity contribution in [3.8, 4) is 0 Å². The van der Waals surface area contributed by atoms with E-state index in [-0.39, 0.29) is 0 Å². The van der Waals surface area contributed by atoms with E-state index in [4.69, 9.17) is 0 Å². The van der Waals surface area contributed by atoms with Crippen LogP contribution in [0.4, 0.5) is 0 Å². The summed E-state index contributed by atoms with van der Waals surface area (Å²) < 4.78 is 0. The highest BCUT2D eigenvalue weighted by Crippen LogP contribution is 2.37. The Morgan fingerprint density at radius 2 is 2.21 bits per heavy atom. The van der Waals surface area contributed by atoms with E-state index in [0.29, 0.717) is 6.04 Å². The molecule has 1 aromatic rings. The molecule has 0 bridgehead atoms. The molecule has 0 spiro atoms. The first-order chi connectivity index (χ1) is 9.09. The zero-order valence-corrected chi connectivity index (χ0v) is 11.7. The molecule has 1 aromatic heterocycles. The van der Waals surface area contributed by atoms with Crippen molar-refractivity contribution < 1.29 is 9.90 Å². The lowest BCUT2D eigenvalue weighted by atomic mass is 9.76. The van der Waals surface area contributed by atoms with Crippen molar-refractivity contribution in [3.05, 3.63) is 30.1 Å². The molecule has 1 aliphatic rings. The van der Waals surface area contributed by atoms with Gasteiger partial charge in [0, 0.05) is 18.4 Å². The summed E-state index contributed by atoms with van der Waals surface area (Å²) in [5.41, 5.74) is 0.687. The summed E-state index contributed by atoms with van der Waals surface area (Å²) in [6.07, 6.45) is 5.87. The predicted octanol–water partition coefficient (Wildman–Crippen LogP) is 2.72. The molecule has 1 atom stereocenters. The summed E-state index contributed by atoms with van der Waals surface area (Å²) in [5.74, 6) is -0.635. The largest absolute Gasteiger partial charge is 0.481 e. The zero-order valence-electron chi connectivity index (χ0n) is 11.7. The van der Waals surface area contributed by atoms with E-state index >= 15 is 0 Å². The van der Waals surface area contributed by atoms with Gasteiger partial charge in [0.25, 0.3) is 0 Å². The van der Waals surface area contributed by atoms with Gasteiger partial charge in [-0.2, -0.15) is 0 Å². The van der Waals surface area contributed by atoms with Gasteiger partial charge in [-0.15, -0.1) is 0 Å². The number of carboxylic acids is 1. The first kappa shape index (κ1) is 14.0. The molecule has 104 valence electrons. The number of aliphatic carboxylic acids is 1. The number of rotatable bonds is 4. The zero-order chi connectivity index (χ0) is 13.9. The highest BCUT2D eigenvalue weighted by Gasteiger charge is 2.40. The standard InChI is InChI=1S/C15H22N2O2/c1-3-15(14(18)19)6-9-17(10-7-15)12(2)13-5-4-8-16-11-13/h4-5,8,11-12H,3,6-7,9-10H2,1-2H3,(H,18,19). The van der Waals surface area contributed by atoms with Gasteiger partial charge < -0.3 is 5.11 Å². The van der Waals surface area contributed by atoms with Crippen LogP contribution in [0.25, 0.3) is 0 Å².